The molecule has 0 radical (unpaired) electrons. The molecular weight excluding hydrogens is 324 g/mol. The number of nitrogens with zero attached hydrogens (tertiary/aromatic N) is 1. The van der Waals surface area contributed by atoms with E-state index in [1.807, 2.05) is 49.4 Å². The van der Waals surface area contributed by atoms with Crippen LogP contribution in [0.5, 0.6) is 5.75 Å². The van der Waals surface area contributed by atoms with Gasteiger partial charge in [-0.25, -0.2) is 0 Å². The summed E-state index contributed by atoms with van der Waals surface area (Å²) in [6.45, 7) is 2.38. The van der Waals surface area contributed by atoms with Crippen LogP contribution in [0.3, 0.4) is 0 Å². The number of thioether (sulfide) groups is 1. The highest BCUT2D eigenvalue weighted by Crippen LogP contribution is 2.44. The molecule has 2 aromatic carbocycles. The van der Waals surface area contributed by atoms with Crippen LogP contribution < -0.4 is 15.0 Å². The standard InChI is InChI=1S/C18H16N2O3S/c1-11-18(22)19-13-7-15-14(8-16(13)24-11)20(17(21)10-23-15)9-12-5-3-2-4-6-12/h2-8,11H,9-10H2,1H3,(H,19,22)/t11-/m0/s1. The number of fused-ring (bicyclic) bond motifs is 2. The average Bonchev–Trinajstić information content (AvgIpc) is 2.58. The Hall–Kier alpha value is -2.47. The number of nitrogens with one attached hydrogen (secondary N) is 1. The fraction of sp³-hybridized carbons (Fsp3) is 0.222. The number of anilines is 2. The zero-order valence-electron chi connectivity index (χ0n) is 13.1. The Balaban J connectivity index is 1.73. The highest BCUT2D eigenvalue weighted by atomic mass is 32.2. The number of ether oxygens (including phenoxy) is 1. The van der Waals surface area contributed by atoms with Gasteiger partial charge in [0.15, 0.2) is 6.61 Å². The summed E-state index contributed by atoms with van der Waals surface area (Å²) in [5, 5.41) is 2.74. The number of rotatable bonds is 2. The maximum atomic E-state index is 12.4. The summed E-state index contributed by atoms with van der Waals surface area (Å²) >= 11 is 1.50. The van der Waals surface area contributed by atoms with E-state index in [-0.39, 0.29) is 23.7 Å². The quantitative estimate of drug-likeness (QED) is 0.913. The Morgan fingerprint density at radius 1 is 1.25 bits per heavy atom. The van der Waals surface area contributed by atoms with E-state index in [1.165, 1.54) is 11.8 Å². The number of benzene rings is 2. The Morgan fingerprint density at radius 3 is 2.83 bits per heavy atom. The van der Waals surface area contributed by atoms with Crippen LogP contribution in [0, 0.1) is 0 Å². The molecule has 0 aliphatic carbocycles. The van der Waals surface area contributed by atoms with Gasteiger partial charge in [-0.3, -0.25) is 9.59 Å². The first-order valence-corrected chi connectivity index (χ1v) is 8.62. The van der Waals surface area contributed by atoms with Gasteiger partial charge in [-0.1, -0.05) is 30.3 Å². The molecule has 0 fully saturated rings. The van der Waals surface area contributed by atoms with Crippen molar-refractivity contribution in [2.24, 2.45) is 0 Å². The van der Waals surface area contributed by atoms with Gasteiger partial charge in [-0.05, 0) is 18.6 Å². The van der Waals surface area contributed by atoms with E-state index in [0.717, 1.165) is 21.8 Å². The Bertz CT molecular complexity index is 823. The van der Waals surface area contributed by atoms with E-state index < -0.39 is 0 Å². The molecule has 0 saturated carbocycles. The third-order valence-corrected chi connectivity index (χ3v) is 5.28. The zero-order chi connectivity index (χ0) is 16.7. The molecule has 24 heavy (non-hydrogen) atoms. The number of carbonyl (C=O) groups excluding carboxylic acids is 2. The van der Waals surface area contributed by atoms with Gasteiger partial charge in [-0.15, -0.1) is 11.8 Å². The van der Waals surface area contributed by atoms with Crippen LogP contribution in [0.1, 0.15) is 12.5 Å². The molecule has 4 rings (SSSR count). The lowest BCUT2D eigenvalue weighted by atomic mass is 10.1. The summed E-state index contributed by atoms with van der Waals surface area (Å²) in [6.07, 6.45) is 0. The van der Waals surface area contributed by atoms with Crippen LogP contribution >= 0.6 is 11.8 Å². The normalized spacial score (nSPS) is 19.2. The van der Waals surface area contributed by atoms with Crippen molar-refractivity contribution >= 4 is 35.0 Å². The van der Waals surface area contributed by atoms with Crippen LogP contribution in [0.25, 0.3) is 0 Å². The van der Waals surface area contributed by atoms with Gasteiger partial charge in [-0.2, -0.15) is 0 Å². The second-order valence-corrected chi connectivity index (χ2v) is 7.20. The Labute approximate surface area is 144 Å². The molecule has 0 unspecified atom stereocenters. The maximum Gasteiger partial charge on any atom is 0.265 e. The SMILES string of the molecule is C[C@@H]1Sc2cc3c(cc2NC1=O)OCC(=O)N3Cc1ccccc1. The second-order valence-electron chi connectivity index (χ2n) is 5.82. The predicted octanol–water partition coefficient (Wildman–Crippen LogP) is 3.04. The summed E-state index contributed by atoms with van der Waals surface area (Å²) < 4.78 is 5.58. The average molecular weight is 340 g/mol. The molecule has 6 heteroatoms. The smallest absolute Gasteiger partial charge is 0.265 e. The van der Waals surface area contributed by atoms with Crippen molar-refractivity contribution in [2.75, 3.05) is 16.8 Å². The van der Waals surface area contributed by atoms with Gasteiger partial charge in [0.25, 0.3) is 5.91 Å². The van der Waals surface area contributed by atoms with Gasteiger partial charge in [0.2, 0.25) is 5.91 Å². The van der Waals surface area contributed by atoms with Gasteiger partial charge < -0.3 is 15.0 Å². The van der Waals surface area contributed by atoms with Crippen LogP contribution in [0.15, 0.2) is 47.4 Å². The highest BCUT2D eigenvalue weighted by Gasteiger charge is 2.30. The Morgan fingerprint density at radius 2 is 2.04 bits per heavy atom. The zero-order valence-corrected chi connectivity index (χ0v) is 13.9. The minimum atomic E-state index is -0.154. The van der Waals surface area contributed by atoms with Crippen molar-refractivity contribution in [3.05, 3.63) is 48.0 Å². The van der Waals surface area contributed by atoms with Crippen molar-refractivity contribution in [3.63, 3.8) is 0 Å². The maximum absolute atomic E-state index is 12.4. The minimum Gasteiger partial charge on any atom is -0.481 e. The lowest BCUT2D eigenvalue weighted by molar-refractivity contribution is -0.121. The molecule has 2 aromatic rings. The van der Waals surface area contributed by atoms with Gasteiger partial charge in [0, 0.05) is 11.0 Å². The van der Waals surface area contributed by atoms with Crippen molar-refractivity contribution < 1.29 is 14.3 Å². The van der Waals surface area contributed by atoms with Crippen molar-refractivity contribution in [2.45, 2.75) is 23.6 Å². The predicted molar refractivity (Wildman–Crippen MR) is 93.5 cm³/mol. The molecule has 122 valence electrons. The molecule has 2 aliphatic heterocycles. The monoisotopic (exact) mass is 340 g/mol. The van der Waals surface area contributed by atoms with E-state index in [1.54, 1.807) is 4.90 Å². The van der Waals surface area contributed by atoms with E-state index in [4.69, 9.17) is 4.74 Å². The highest BCUT2D eigenvalue weighted by molar-refractivity contribution is 8.01. The van der Waals surface area contributed by atoms with E-state index >= 15 is 0 Å². The van der Waals surface area contributed by atoms with Crippen LogP contribution in [0.2, 0.25) is 0 Å². The Kier molecular flexibility index (Phi) is 3.69. The molecule has 2 heterocycles. The molecule has 0 spiro atoms. The van der Waals surface area contributed by atoms with Gasteiger partial charge in [0.05, 0.1) is 23.2 Å². The van der Waals surface area contributed by atoms with Crippen LogP contribution in [-0.2, 0) is 16.1 Å². The minimum absolute atomic E-state index is 0.0100. The van der Waals surface area contributed by atoms with Gasteiger partial charge >= 0.3 is 0 Å². The lowest BCUT2D eigenvalue weighted by Gasteiger charge is -2.32. The summed E-state index contributed by atoms with van der Waals surface area (Å²) in [6, 6.07) is 13.6. The third-order valence-electron chi connectivity index (χ3n) is 4.12. The molecule has 5 nitrogen and oxygen atoms in total. The largest absolute Gasteiger partial charge is 0.481 e. The topological polar surface area (TPSA) is 58.6 Å². The fourth-order valence-corrected chi connectivity index (χ4v) is 3.80. The molecule has 1 N–H and O–H groups in total. The van der Waals surface area contributed by atoms with Crippen LogP contribution in [-0.4, -0.2) is 23.7 Å². The number of carbonyl (C=O) groups is 2. The first-order chi connectivity index (χ1) is 11.6. The summed E-state index contributed by atoms with van der Waals surface area (Å²) in [4.78, 5) is 26.9. The number of amides is 2. The van der Waals surface area contributed by atoms with Crippen molar-refractivity contribution in [1.29, 1.82) is 0 Å². The third kappa shape index (κ3) is 2.63. The lowest BCUT2D eigenvalue weighted by Crippen LogP contribution is -2.38. The van der Waals surface area contributed by atoms with E-state index in [0.29, 0.717) is 12.3 Å². The molecule has 0 saturated heterocycles. The second kappa shape index (κ2) is 5.87. The molecule has 1 atom stereocenters. The number of hydrogen-bond acceptors (Lipinski definition) is 4. The van der Waals surface area contributed by atoms with Gasteiger partial charge in [0.1, 0.15) is 5.75 Å². The fourth-order valence-electron chi connectivity index (χ4n) is 2.84. The summed E-state index contributed by atoms with van der Waals surface area (Å²) in [7, 11) is 0. The number of hydrogen-bond donors (Lipinski definition) is 1. The molecule has 0 aromatic heterocycles. The molecule has 0 bridgehead atoms. The molecular formula is C18H16N2O3S. The first-order valence-electron chi connectivity index (χ1n) is 7.74. The summed E-state index contributed by atoms with van der Waals surface area (Å²) in [5.41, 5.74) is 2.56. The van der Waals surface area contributed by atoms with Crippen LogP contribution in [0.4, 0.5) is 11.4 Å². The van der Waals surface area contributed by atoms with E-state index in [9.17, 15) is 9.59 Å². The van der Waals surface area contributed by atoms with Crippen molar-refractivity contribution in [1.82, 2.24) is 0 Å². The first kappa shape index (κ1) is 15.1. The molecule has 2 aliphatic rings. The van der Waals surface area contributed by atoms with Crippen molar-refractivity contribution in [3.8, 4) is 5.75 Å². The molecule has 2 amide bonds. The van der Waals surface area contributed by atoms with E-state index in [2.05, 4.69) is 5.32 Å². The summed E-state index contributed by atoms with van der Waals surface area (Å²) in [5.74, 6) is 0.546.